The van der Waals surface area contributed by atoms with E-state index in [1.807, 2.05) is 6.08 Å². The smallest absolute Gasteiger partial charge is 0.220 e. The predicted octanol–water partition coefficient (Wildman–Crippen LogP) is 18.5. The maximum Gasteiger partial charge on any atom is 0.220 e. The van der Waals surface area contributed by atoms with Crippen LogP contribution in [0.2, 0.25) is 0 Å². The Kier molecular flexibility index (Phi) is 57.1. The third-order valence-corrected chi connectivity index (χ3v) is 15.6. The monoisotopic (exact) mass is 1150 g/mol. The van der Waals surface area contributed by atoms with Crippen molar-refractivity contribution in [1.82, 2.24) is 5.32 Å². The largest absolute Gasteiger partial charge is 0.394 e. The van der Waals surface area contributed by atoms with Crippen molar-refractivity contribution in [2.45, 2.75) is 333 Å². The van der Waals surface area contributed by atoms with Gasteiger partial charge in [0, 0.05) is 6.42 Å². The SMILES string of the molecule is CC/C=C\C/C=C\C/C=C\C/C=C\C/C=C\C/C=C\C/C=C\CCCCCCCCCCCCCC(=O)NC(COC1OC(CO)C(O)C(O)C1O)C(O)/C=C/CC/C=C/CCCCCCCCCCCCCCCCCCCCCC. The van der Waals surface area contributed by atoms with E-state index >= 15 is 0 Å². The lowest BCUT2D eigenvalue weighted by molar-refractivity contribution is -0.302. The van der Waals surface area contributed by atoms with E-state index in [4.69, 9.17) is 9.47 Å². The summed E-state index contributed by atoms with van der Waals surface area (Å²) >= 11 is 0. The summed E-state index contributed by atoms with van der Waals surface area (Å²) in [6, 6.07) is -0.832. The van der Waals surface area contributed by atoms with Crippen LogP contribution in [-0.2, 0) is 14.3 Å². The molecule has 0 radical (unpaired) electrons. The number of allylic oxidation sites excluding steroid dienone is 17. The molecule has 0 saturated carbocycles. The molecule has 1 heterocycles. The van der Waals surface area contributed by atoms with E-state index < -0.39 is 49.5 Å². The minimum Gasteiger partial charge on any atom is -0.394 e. The van der Waals surface area contributed by atoms with Crippen LogP contribution in [0.1, 0.15) is 290 Å². The van der Waals surface area contributed by atoms with Crippen LogP contribution in [0.25, 0.3) is 0 Å². The van der Waals surface area contributed by atoms with Crippen LogP contribution in [-0.4, -0.2) is 87.5 Å². The Morgan fingerprint density at radius 3 is 1.17 bits per heavy atom. The van der Waals surface area contributed by atoms with Crippen LogP contribution >= 0.6 is 0 Å². The van der Waals surface area contributed by atoms with E-state index in [2.05, 4.69) is 116 Å². The molecule has 7 unspecified atom stereocenters. The van der Waals surface area contributed by atoms with Gasteiger partial charge in [-0.25, -0.2) is 0 Å². The highest BCUT2D eigenvalue weighted by Crippen LogP contribution is 2.23. The summed E-state index contributed by atoms with van der Waals surface area (Å²) in [7, 11) is 0. The predicted molar refractivity (Wildman–Crippen MR) is 350 cm³/mol. The number of amides is 1. The fraction of sp³-hybridized carbons (Fsp3) is 0.740. The maximum absolute atomic E-state index is 13.1. The molecule has 1 amide bonds. The van der Waals surface area contributed by atoms with Crippen LogP contribution < -0.4 is 5.32 Å². The Morgan fingerprint density at radius 1 is 0.427 bits per heavy atom. The lowest BCUT2D eigenvalue weighted by Crippen LogP contribution is -2.60. The highest BCUT2D eigenvalue weighted by molar-refractivity contribution is 5.76. The minimum absolute atomic E-state index is 0.191. The lowest BCUT2D eigenvalue weighted by Gasteiger charge is -2.40. The van der Waals surface area contributed by atoms with Gasteiger partial charge in [0.15, 0.2) is 6.29 Å². The molecule has 9 heteroatoms. The third kappa shape index (κ3) is 49.1. The number of unbranched alkanes of at least 4 members (excludes halogenated alkanes) is 32. The summed E-state index contributed by atoms with van der Waals surface area (Å²) in [5, 5.41) is 54.7. The maximum atomic E-state index is 13.1. The summed E-state index contributed by atoms with van der Waals surface area (Å²) in [6.07, 6.45) is 83.2. The highest BCUT2D eigenvalue weighted by Gasteiger charge is 2.44. The van der Waals surface area contributed by atoms with Gasteiger partial charge in [-0.3, -0.25) is 4.79 Å². The van der Waals surface area contributed by atoms with Crippen molar-refractivity contribution in [2.24, 2.45) is 0 Å². The molecule has 0 bridgehead atoms. The van der Waals surface area contributed by atoms with Crippen LogP contribution in [0.5, 0.6) is 0 Å². The lowest BCUT2D eigenvalue weighted by atomic mass is 9.99. The Balaban J connectivity index is 2.18. The summed E-state index contributed by atoms with van der Waals surface area (Å²) in [4.78, 5) is 13.1. The Labute approximate surface area is 504 Å². The summed E-state index contributed by atoms with van der Waals surface area (Å²) < 4.78 is 11.3. The van der Waals surface area contributed by atoms with Gasteiger partial charge < -0.3 is 40.3 Å². The number of hydrogen-bond acceptors (Lipinski definition) is 8. The standard InChI is InChI=1S/C73H127NO8/c1-3-5-7-9-11-13-15-17-19-21-23-25-27-29-31-32-33-34-35-36-37-39-41-43-45-47-49-51-53-55-57-59-61-63-69(77)74-66(65-81-73-72(80)71(79)70(78)68(64-75)82-73)67(76)62-60-58-56-54-52-50-48-46-44-42-40-38-30-28-26-24-22-20-18-16-14-12-10-8-6-4-2/h5,7,11,13,17,19,23,25,29,31,33-34,36-37,52,54,60,62,66-68,70-73,75-76,78-80H,3-4,6,8-10,12,14-16,18,20-22,24,26-28,30,32,35,38-51,53,55-59,61,63-65H2,1-2H3,(H,74,77)/b7-5-,13-11-,19-17-,25-23-,31-29-,34-33-,37-36-,54-52+,62-60+. The van der Waals surface area contributed by atoms with E-state index in [1.165, 1.54) is 173 Å². The van der Waals surface area contributed by atoms with Gasteiger partial charge in [0.2, 0.25) is 5.91 Å². The van der Waals surface area contributed by atoms with Gasteiger partial charge in [-0.15, -0.1) is 0 Å². The molecule has 1 saturated heterocycles. The van der Waals surface area contributed by atoms with Gasteiger partial charge in [0.25, 0.3) is 0 Å². The number of rotatable bonds is 58. The number of aliphatic hydroxyl groups is 5. The number of nitrogens with one attached hydrogen (secondary N) is 1. The fourth-order valence-electron chi connectivity index (χ4n) is 10.3. The van der Waals surface area contributed by atoms with Crippen molar-refractivity contribution in [3.05, 3.63) is 109 Å². The number of carbonyl (C=O) groups is 1. The van der Waals surface area contributed by atoms with E-state index in [9.17, 15) is 30.3 Å². The average molecular weight is 1150 g/mol. The molecule has 0 spiro atoms. The molecule has 0 aromatic rings. The topological polar surface area (TPSA) is 149 Å². The molecule has 9 nitrogen and oxygen atoms in total. The zero-order chi connectivity index (χ0) is 59.3. The molecule has 0 aromatic heterocycles. The van der Waals surface area contributed by atoms with Gasteiger partial charge in [-0.2, -0.15) is 0 Å². The first kappa shape index (κ1) is 76.9. The van der Waals surface area contributed by atoms with Crippen molar-refractivity contribution in [3.8, 4) is 0 Å². The highest BCUT2D eigenvalue weighted by atomic mass is 16.7. The molecular formula is C73H127NO8. The molecule has 82 heavy (non-hydrogen) atoms. The van der Waals surface area contributed by atoms with E-state index in [-0.39, 0.29) is 12.5 Å². The molecule has 6 N–H and O–H groups in total. The van der Waals surface area contributed by atoms with Crippen LogP contribution in [0.15, 0.2) is 109 Å². The van der Waals surface area contributed by atoms with Crippen LogP contribution in [0, 0.1) is 0 Å². The molecular weight excluding hydrogens is 1020 g/mol. The van der Waals surface area contributed by atoms with Gasteiger partial charge in [-0.05, 0) is 89.9 Å². The first-order valence-electron chi connectivity index (χ1n) is 34.1. The summed E-state index contributed by atoms with van der Waals surface area (Å²) in [5.41, 5.74) is 0. The fourth-order valence-corrected chi connectivity index (χ4v) is 10.3. The van der Waals surface area contributed by atoms with E-state index in [1.54, 1.807) is 6.08 Å². The quantitative estimate of drug-likeness (QED) is 0.0261. The molecule has 7 atom stereocenters. The molecule has 1 aliphatic rings. The summed E-state index contributed by atoms with van der Waals surface area (Å²) in [5.74, 6) is -0.191. The van der Waals surface area contributed by atoms with Crippen molar-refractivity contribution in [1.29, 1.82) is 0 Å². The van der Waals surface area contributed by atoms with E-state index in [0.29, 0.717) is 6.42 Å². The minimum atomic E-state index is -1.58. The third-order valence-electron chi connectivity index (χ3n) is 15.6. The van der Waals surface area contributed by atoms with Gasteiger partial charge >= 0.3 is 0 Å². The van der Waals surface area contributed by atoms with E-state index in [0.717, 1.165) is 96.3 Å². The Bertz CT molecular complexity index is 1660. The van der Waals surface area contributed by atoms with Gasteiger partial charge in [0.05, 0.1) is 25.4 Å². The average Bonchev–Trinajstić information content (AvgIpc) is 3.57. The number of carbonyl (C=O) groups excluding carboxylic acids is 1. The van der Waals surface area contributed by atoms with Crippen molar-refractivity contribution in [2.75, 3.05) is 13.2 Å². The van der Waals surface area contributed by atoms with Crippen molar-refractivity contribution in [3.63, 3.8) is 0 Å². The van der Waals surface area contributed by atoms with Gasteiger partial charge in [0.1, 0.15) is 24.4 Å². The Hall–Kier alpha value is -3.15. The normalized spacial score (nSPS) is 19.0. The molecule has 0 aliphatic carbocycles. The summed E-state index contributed by atoms with van der Waals surface area (Å²) in [6.45, 7) is 3.67. The zero-order valence-electron chi connectivity index (χ0n) is 52.7. The van der Waals surface area contributed by atoms with Crippen LogP contribution in [0.4, 0.5) is 0 Å². The second-order valence-corrected chi connectivity index (χ2v) is 23.2. The molecule has 1 aliphatic heterocycles. The zero-order valence-corrected chi connectivity index (χ0v) is 52.7. The number of ether oxygens (including phenoxy) is 2. The number of hydrogen-bond donors (Lipinski definition) is 6. The second kappa shape index (κ2) is 61.0. The number of aliphatic hydroxyl groups excluding tert-OH is 5. The van der Waals surface area contributed by atoms with Crippen LogP contribution in [0.3, 0.4) is 0 Å². The molecule has 0 aromatic carbocycles. The second-order valence-electron chi connectivity index (χ2n) is 23.2. The van der Waals surface area contributed by atoms with Crippen molar-refractivity contribution >= 4 is 5.91 Å². The first-order chi connectivity index (χ1) is 40.3. The molecule has 1 rings (SSSR count). The van der Waals surface area contributed by atoms with Gasteiger partial charge in [-0.1, -0.05) is 303 Å². The first-order valence-corrected chi connectivity index (χ1v) is 34.1. The Morgan fingerprint density at radius 2 is 0.768 bits per heavy atom. The molecule has 1 fully saturated rings. The van der Waals surface area contributed by atoms with Crippen molar-refractivity contribution < 1.29 is 39.8 Å². The molecule has 472 valence electrons.